The molecule has 0 bridgehead atoms. The summed E-state index contributed by atoms with van der Waals surface area (Å²) in [5, 5.41) is 17.7. The molecule has 0 aliphatic heterocycles. The Morgan fingerprint density at radius 3 is 2.65 bits per heavy atom. The fourth-order valence-electron chi connectivity index (χ4n) is 1.25. The largest absolute Gasteiger partial charge is 0.412 e. The third-order valence-corrected chi connectivity index (χ3v) is 1.97. The van der Waals surface area contributed by atoms with Crippen molar-refractivity contribution < 1.29 is 14.1 Å². The number of nitro benzene ring substituents is 1. The second kappa shape index (κ2) is 4.00. The standard InChI is InChI=1S/C9H6N4O4/c10-7(14)9-12-11-8(17-9)5-3-1-2-4-6(5)13(15)16/h1-4H,(H2,10,14). The lowest BCUT2D eigenvalue weighted by molar-refractivity contribution is -0.384. The van der Waals surface area contributed by atoms with Crippen LogP contribution in [0.15, 0.2) is 28.7 Å². The number of benzene rings is 1. The fraction of sp³-hybridized carbons (Fsp3) is 0. The molecule has 8 nitrogen and oxygen atoms in total. The van der Waals surface area contributed by atoms with E-state index in [1.165, 1.54) is 18.2 Å². The number of primary amides is 1. The first-order valence-corrected chi connectivity index (χ1v) is 4.46. The van der Waals surface area contributed by atoms with Crippen molar-refractivity contribution in [3.8, 4) is 11.5 Å². The molecule has 0 atom stereocenters. The predicted molar refractivity (Wildman–Crippen MR) is 54.9 cm³/mol. The molecule has 2 rings (SSSR count). The Kier molecular flexibility index (Phi) is 2.53. The number of nitrogens with two attached hydrogens (primary N) is 1. The van der Waals surface area contributed by atoms with E-state index in [0.717, 1.165) is 0 Å². The Balaban J connectivity index is 2.52. The summed E-state index contributed by atoms with van der Waals surface area (Å²) in [6, 6.07) is 5.82. The number of carbonyl (C=O) groups is 1. The summed E-state index contributed by atoms with van der Waals surface area (Å²) in [4.78, 5) is 20.9. The third kappa shape index (κ3) is 1.95. The van der Waals surface area contributed by atoms with Crippen LogP contribution in [0.3, 0.4) is 0 Å². The molecule has 0 unspecified atom stereocenters. The number of rotatable bonds is 3. The molecule has 8 heteroatoms. The van der Waals surface area contributed by atoms with Gasteiger partial charge in [0.05, 0.1) is 4.92 Å². The van der Waals surface area contributed by atoms with Gasteiger partial charge in [0.1, 0.15) is 5.56 Å². The molecular weight excluding hydrogens is 228 g/mol. The van der Waals surface area contributed by atoms with Gasteiger partial charge in [0.25, 0.3) is 11.6 Å². The van der Waals surface area contributed by atoms with Gasteiger partial charge in [-0.2, -0.15) is 0 Å². The molecule has 0 aliphatic carbocycles. The van der Waals surface area contributed by atoms with Crippen molar-refractivity contribution >= 4 is 11.6 Å². The maximum Gasteiger partial charge on any atom is 0.306 e. The van der Waals surface area contributed by atoms with E-state index in [1.807, 2.05) is 0 Å². The summed E-state index contributed by atoms with van der Waals surface area (Å²) in [7, 11) is 0. The number of hydrogen-bond donors (Lipinski definition) is 1. The Morgan fingerprint density at radius 2 is 2.06 bits per heavy atom. The monoisotopic (exact) mass is 234 g/mol. The minimum Gasteiger partial charge on any atom is -0.412 e. The topological polar surface area (TPSA) is 125 Å². The highest BCUT2D eigenvalue weighted by Gasteiger charge is 2.20. The Hall–Kier alpha value is -2.77. The average Bonchev–Trinajstić information content (AvgIpc) is 2.78. The number of carbonyl (C=O) groups excluding carboxylic acids is 1. The molecule has 0 radical (unpaired) electrons. The lowest BCUT2D eigenvalue weighted by Gasteiger charge is -1.96. The molecular formula is C9H6N4O4. The summed E-state index contributed by atoms with van der Waals surface area (Å²) in [6.07, 6.45) is 0. The van der Waals surface area contributed by atoms with E-state index in [2.05, 4.69) is 10.2 Å². The SMILES string of the molecule is NC(=O)c1nnc(-c2ccccc2[N+](=O)[O-])o1. The van der Waals surface area contributed by atoms with E-state index >= 15 is 0 Å². The highest BCUT2D eigenvalue weighted by Crippen LogP contribution is 2.27. The molecule has 0 aliphatic rings. The highest BCUT2D eigenvalue weighted by atomic mass is 16.6. The lowest BCUT2D eigenvalue weighted by Crippen LogP contribution is -2.10. The maximum atomic E-state index is 10.8. The zero-order chi connectivity index (χ0) is 12.4. The van der Waals surface area contributed by atoms with Gasteiger partial charge >= 0.3 is 11.8 Å². The molecule has 1 aromatic carbocycles. The van der Waals surface area contributed by atoms with Crippen LogP contribution in [0.25, 0.3) is 11.5 Å². The lowest BCUT2D eigenvalue weighted by atomic mass is 10.2. The van der Waals surface area contributed by atoms with Crippen LogP contribution in [0.1, 0.15) is 10.7 Å². The van der Waals surface area contributed by atoms with Crippen LogP contribution < -0.4 is 5.73 Å². The number of hydrogen-bond acceptors (Lipinski definition) is 6. The molecule has 0 saturated carbocycles. The van der Waals surface area contributed by atoms with E-state index in [9.17, 15) is 14.9 Å². The van der Waals surface area contributed by atoms with Crippen LogP contribution in [0.2, 0.25) is 0 Å². The van der Waals surface area contributed by atoms with Crippen molar-refractivity contribution in [2.24, 2.45) is 5.73 Å². The molecule has 86 valence electrons. The number of aromatic nitrogens is 2. The van der Waals surface area contributed by atoms with Crippen LogP contribution in [0.5, 0.6) is 0 Å². The Morgan fingerprint density at radius 1 is 1.35 bits per heavy atom. The second-order valence-electron chi connectivity index (χ2n) is 3.05. The summed E-state index contributed by atoms with van der Waals surface area (Å²) in [5.41, 5.74) is 4.88. The first-order chi connectivity index (χ1) is 8.09. The first kappa shape index (κ1) is 10.7. The zero-order valence-electron chi connectivity index (χ0n) is 8.36. The van der Waals surface area contributed by atoms with Gasteiger partial charge in [-0.25, -0.2) is 0 Å². The first-order valence-electron chi connectivity index (χ1n) is 4.46. The van der Waals surface area contributed by atoms with Crippen LogP contribution >= 0.6 is 0 Å². The minimum absolute atomic E-state index is 0.119. The summed E-state index contributed by atoms with van der Waals surface area (Å²) >= 11 is 0. The predicted octanol–water partition coefficient (Wildman–Crippen LogP) is 0.744. The number of nitro groups is 1. The van der Waals surface area contributed by atoms with Crippen LogP contribution in [0.4, 0.5) is 5.69 Å². The van der Waals surface area contributed by atoms with Gasteiger partial charge in [-0.3, -0.25) is 14.9 Å². The van der Waals surface area contributed by atoms with Crippen LogP contribution in [-0.4, -0.2) is 21.0 Å². The molecule has 1 heterocycles. The highest BCUT2D eigenvalue weighted by molar-refractivity contribution is 5.88. The minimum atomic E-state index is -0.887. The maximum absolute atomic E-state index is 10.8. The molecule has 0 fully saturated rings. The van der Waals surface area contributed by atoms with Crippen molar-refractivity contribution in [2.75, 3.05) is 0 Å². The van der Waals surface area contributed by atoms with Crippen molar-refractivity contribution in [1.82, 2.24) is 10.2 Å². The van der Waals surface area contributed by atoms with Gasteiger partial charge in [0.2, 0.25) is 0 Å². The van der Waals surface area contributed by atoms with Gasteiger partial charge in [0, 0.05) is 6.07 Å². The quantitative estimate of drug-likeness (QED) is 0.616. The van der Waals surface area contributed by atoms with Gasteiger partial charge in [-0.1, -0.05) is 12.1 Å². The van der Waals surface area contributed by atoms with Gasteiger partial charge < -0.3 is 10.2 Å². The summed E-state index contributed by atoms with van der Waals surface area (Å²) in [5.74, 6) is -1.40. The van der Waals surface area contributed by atoms with Crippen molar-refractivity contribution in [3.05, 3.63) is 40.3 Å². The van der Waals surface area contributed by atoms with E-state index in [0.29, 0.717) is 0 Å². The Bertz CT molecular complexity index is 592. The number of para-hydroxylation sites is 1. The van der Waals surface area contributed by atoms with Crippen molar-refractivity contribution in [3.63, 3.8) is 0 Å². The van der Waals surface area contributed by atoms with Crippen molar-refractivity contribution in [2.45, 2.75) is 0 Å². The molecule has 0 saturated heterocycles. The van der Waals surface area contributed by atoms with Gasteiger partial charge in [-0.05, 0) is 6.07 Å². The van der Waals surface area contributed by atoms with Crippen LogP contribution in [-0.2, 0) is 0 Å². The second-order valence-corrected chi connectivity index (χ2v) is 3.05. The molecule has 1 amide bonds. The smallest absolute Gasteiger partial charge is 0.306 e. The fourth-order valence-corrected chi connectivity index (χ4v) is 1.25. The third-order valence-electron chi connectivity index (χ3n) is 1.97. The number of amides is 1. The van der Waals surface area contributed by atoms with Gasteiger partial charge in [-0.15, -0.1) is 10.2 Å². The van der Waals surface area contributed by atoms with E-state index in [1.54, 1.807) is 6.07 Å². The molecule has 1 aromatic heterocycles. The van der Waals surface area contributed by atoms with Crippen LogP contribution in [0, 0.1) is 10.1 Å². The zero-order valence-corrected chi connectivity index (χ0v) is 8.36. The summed E-state index contributed by atoms with van der Waals surface area (Å²) in [6.45, 7) is 0. The van der Waals surface area contributed by atoms with Crippen molar-refractivity contribution in [1.29, 1.82) is 0 Å². The normalized spacial score (nSPS) is 10.1. The molecule has 0 spiro atoms. The number of nitrogens with zero attached hydrogens (tertiary/aromatic N) is 3. The molecule has 17 heavy (non-hydrogen) atoms. The summed E-state index contributed by atoms with van der Waals surface area (Å²) < 4.78 is 4.92. The average molecular weight is 234 g/mol. The van der Waals surface area contributed by atoms with E-state index in [-0.39, 0.29) is 17.1 Å². The molecule has 2 aromatic rings. The molecule has 2 N–H and O–H groups in total. The Labute approximate surface area is 94.2 Å². The van der Waals surface area contributed by atoms with E-state index < -0.39 is 16.7 Å². The van der Waals surface area contributed by atoms with E-state index in [4.69, 9.17) is 10.2 Å². The van der Waals surface area contributed by atoms with Gasteiger partial charge in [0.15, 0.2) is 0 Å².